The van der Waals surface area contributed by atoms with Crippen molar-refractivity contribution < 1.29 is 8.42 Å². The van der Waals surface area contributed by atoms with Crippen LogP contribution < -0.4 is 10.0 Å². The molecule has 1 saturated carbocycles. The topological polar surface area (TPSA) is 58.2 Å². The van der Waals surface area contributed by atoms with Crippen molar-refractivity contribution in [1.82, 2.24) is 10.0 Å². The summed E-state index contributed by atoms with van der Waals surface area (Å²) in [6, 6.07) is 3.65. The van der Waals surface area contributed by atoms with E-state index in [-0.39, 0.29) is 0 Å². The van der Waals surface area contributed by atoms with Crippen molar-refractivity contribution in [2.24, 2.45) is 11.3 Å². The standard InChI is InChI=1S/C15H26N2O2S2/c1-4-8-16-9-7-13-5-6-14(20-13)21(18,19)17-11-12-10-15(12,2)3/h5-6,12,16-17H,4,7-11H2,1-3H3. The van der Waals surface area contributed by atoms with Crippen molar-refractivity contribution in [2.75, 3.05) is 19.6 Å². The fraction of sp³-hybridized carbons (Fsp3) is 0.733. The van der Waals surface area contributed by atoms with Gasteiger partial charge in [0.2, 0.25) is 10.0 Å². The molecule has 1 aliphatic carbocycles. The van der Waals surface area contributed by atoms with Crippen LogP contribution in [-0.4, -0.2) is 28.1 Å². The van der Waals surface area contributed by atoms with Gasteiger partial charge in [-0.2, -0.15) is 0 Å². The number of sulfonamides is 1. The van der Waals surface area contributed by atoms with E-state index in [1.54, 1.807) is 6.07 Å². The van der Waals surface area contributed by atoms with Gasteiger partial charge in [-0.05, 0) is 55.8 Å². The van der Waals surface area contributed by atoms with Crippen LogP contribution in [0.5, 0.6) is 0 Å². The molecule has 0 aliphatic heterocycles. The predicted octanol–water partition coefficient (Wildman–Crippen LogP) is 2.61. The molecule has 6 heteroatoms. The Hall–Kier alpha value is -0.430. The van der Waals surface area contributed by atoms with E-state index < -0.39 is 10.0 Å². The first-order valence-corrected chi connectivity index (χ1v) is 9.94. The maximum atomic E-state index is 12.2. The summed E-state index contributed by atoms with van der Waals surface area (Å²) in [7, 11) is -3.33. The average Bonchev–Trinajstić information content (AvgIpc) is 2.84. The van der Waals surface area contributed by atoms with Crippen molar-refractivity contribution in [3.63, 3.8) is 0 Å². The van der Waals surface area contributed by atoms with E-state index in [0.717, 1.165) is 37.2 Å². The van der Waals surface area contributed by atoms with Crippen molar-refractivity contribution in [3.05, 3.63) is 17.0 Å². The second kappa shape index (κ2) is 6.77. The molecule has 0 amide bonds. The van der Waals surface area contributed by atoms with Gasteiger partial charge in [-0.3, -0.25) is 0 Å². The Labute approximate surface area is 132 Å². The summed E-state index contributed by atoms with van der Waals surface area (Å²) in [4.78, 5) is 1.12. The maximum absolute atomic E-state index is 12.2. The lowest BCUT2D eigenvalue weighted by molar-refractivity contribution is 0.538. The molecule has 0 saturated heterocycles. The van der Waals surface area contributed by atoms with Gasteiger partial charge < -0.3 is 5.32 Å². The van der Waals surface area contributed by atoms with Crippen LogP contribution in [0.2, 0.25) is 0 Å². The molecule has 0 spiro atoms. The van der Waals surface area contributed by atoms with E-state index in [1.807, 2.05) is 6.07 Å². The molecule has 2 N–H and O–H groups in total. The molecular weight excluding hydrogens is 304 g/mol. The monoisotopic (exact) mass is 330 g/mol. The summed E-state index contributed by atoms with van der Waals surface area (Å²) in [5.41, 5.74) is 0.300. The van der Waals surface area contributed by atoms with Gasteiger partial charge in [-0.1, -0.05) is 20.8 Å². The Kier molecular flexibility index (Phi) is 5.46. The third kappa shape index (κ3) is 4.77. The molecule has 1 atom stereocenters. The van der Waals surface area contributed by atoms with Crippen molar-refractivity contribution in [1.29, 1.82) is 0 Å². The minimum absolute atomic E-state index is 0.300. The van der Waals surface area contributed by atoms with Gasteiger partial charge in [-0.25, -0.2) is 13.1 Å². The summed E-state index contributed by atoms with van der Waals surface area (Å²) >= 11 is 1.38. The van der Waals surface area contributed by atoms with E-state index >= 15 is 0 Å². The Morgan fingerprint density at radius 2 is 2.05 bits per heavy atom. The molecule has 1 aromatic rings. The molecule has 0 aromatic carbocycles. The molecule has 1 unspecified atom stereocenters. The van der Waals surface area contributed by atoms with Gasteiger partial charge in [0, 0.05) is 11.4 Å². The average molecular weight is 331 g/mol. The number of thiophene rings is 1. The highest BCUT2D eigenvalue weighted by atomic mass is 32.2. The molecule has 0 radical (unpaired) electrons. The normalized spacial score (nSPS) is 20.6. The van der Waals surface area contributed by atoms with Gasteiger partial charge >= 0.3 is 0 Å². The van der Waals surface area contributed by atoms with Crippen LogP contribution in [0.4, 0.5) is 0 Å². The summed E-state index contributed by atoms with van der Waals surface area (Å²) in [6.07, 6.45) is 3.11. The zero-order valence-electron chi connectivity index (χ0n) is 13.1. The zero-order chi connectivity index (χ0) is 15.5. The molecule has 4 nitrogen and oxygen atoms in total. The summed E-state index contributed by atoms with van der Waals surface area (Å²) in [5.74, 6) is 0.477. The van der Waals surface area contributed by atoms with Crippen LogP contribution >= 0.6 is 11.3 Å². The second-order valence-electron chi connectivity index (χ2n) is 6.46. The molecule has 21 heavy (non-hydrogen) atoms. The predicted molar refractivity (Wildman–Crippen MR) is 88.3 cm³/mol. The minimum Gasteiger partial charge on any atom is -0.316 e. The van der Waals surface area contributed by atoms with E-state index in [4.69, 9.17) is 0 Å². The first kappa shape index (κ1) is 16.9. The molecule has 1 aliphatic rings. The van der Waals surface area contributed by atoms with Crippen LogP contribution in [-0.2, 0) is 16.4 Å². The van der Waals surface area contributed by atoms with E-state index in [0.29, 0.717) is 22.1 Å². The van der Waals surface area contributed by atoms with Crippen molar-refractivity contribution in [3.8, 4) is 0 Å². The third-order valence-corrected chi connectivity index (χ3v) is 7.17. The Balaban J connectivity index is 1.84. The third-order valence-electron chi connectivity index (χ3n) is 4.11. The lowest BCUT2D eigenvalue weighted by Gasteiger charge is -2.06. The minimum atomic E-state index is -3.33. The van der Waals surface area contributed by atoms with E-state index in [9.17, 15) is 8.42 Å². The van der Waals surface area contributed by atoms with Crippen LogP contribution in [0.15, 0.2) is 16.3 Å². The Bertz CT molecular complexity index is 564. The Morgan fingerprint density at radius 3 is 2.67 bits per heavy atom. The van der Waals surface area contributed by atoms with Gasteiger partial charge in [-0.15, -0.1) is 11.3 Å². The number of nitrogens with one attached hydrogen (secondary N) is 2. The van der Waals surface area contributed by atoms with Crippen LogP contribution in [0.1, 0.15) is 38.5 Å². The van der Waals surface area contributed by atoms with Crippen molar-refractivity contribution >= 4 is 21.4 Å². The molecule has 120 valence electrons. The molecular formula is C15H26N2O2S2. The van der Waals surface area contributed by atoms with Gasteiger partial charge in [0.1, 0.15) is 4.21 Å². The van der Waals surface area contributed by atoms with E-state index in [2.05, 4.69) is 30.8 Å². The van der Waals surface area contributed by atoms with Crippen LogP contribution in [0.3, 0.4) is 0 Å². The fourth-order valence-electron chi connectivity index (χ4n) is 2.36. The van der Waals surface area contributed by atoms with E-state index in [1.165, 1.54) is 11.3 Å². The quantitative estimate of drug-likeness (QED) is 0.684. The summed E-state index contributed by atoms with van der Waals surface area (Å²) < 4.78 is 27.7. The lowest BCUT2D eigenvalue weighted by atomic mass is 10.1. The zero-order valence-corrected chi connectivity index (χ0v) is 14.7. The first-order chi connectivity index (χ1) is 9.85. The SMILES string of the molecule is CCCNCCc1ccc(S(=O)(=O)NCC2CC2(C)C)s1. The molecule has 1 fully saturated rings. The maximum Gasteiger partial charge on any atom is 0.250 e. The van der Waals surface area contributed by atoms with Crippen molar-refractivity contribution in [2.45, 2.75) is 44.2 Å². The lowest BCUT2D eigenvalue weighted by Crippen LogP contribution is -2.26. The second-order valence-corrected chi connectivity index (χ2v) is 9.62. The van der Waals surface area contributed by atoms with Gasteiger partial charge in [0.25, 0.3) is 0 Å². The number of hydrogen-bond acceptors (Lipinski definition) is 4. The highest BCUT2D eigenvalue weighted by molar-refractivity contribution is 7.91. The largest absolute Gasteiger partial charge is 0.316 e. The smallest absolute Gasteiger partial charge is 0.250 e. The summed E-state index contributed by atoms with van der Waals surface area (Å²) in [6.45, 7) is 8.96. The molecule has 1 aromatic heterocycles. The fourth-order valence-corrected chi connectivity index (χ4v) is 4.84. The molecule has 0 bridgehead atoms. The molecule has 2 rings (SSSR count). The first-order valence-electron chi connectivity index (χ1n) is 7.64. The van der Waals surface area contributed by atoms with Crippen LogP contribution in [0.25, 0.3) is 0 Å². The highest BCUT2D eigenvalue weighted by Crippen LogP contribution is 2.51. The van der Waals surface area contributed by atoms with Crippen LogP contribution in [0, 0.1) is 11.3 Å². The number of rotatable bonds is 9. The van der Waals surface area contributed by atoms with Gasteiger partial charge in [0.05, 0.1) is 0 Å². The highest BCUT2D eigenvalue weighted by Gasteiger charge is 2.45. The molecule has 1 heterocycles. The summed E-state index contributed by atoms with van der Waals surface area (Å²) in [5, 5.41) is 3.33. The van der Waals surface area contributed by atoms with Gasteiger partial charge in [0.15, 0.2) is 0 Å². The number of hydrogen-bond donors (Lipinski definition) is 2. The Morgan fingerprint density at radius 1 is 1.33 bits per heavy atom.